The minimum Gasteiger partial charge on any atom is -0.489 e. The van der Waals surface area contributed by atoms with Crippen LogP contribution in [-0.4, -0.2) is 41.0 Å². The van der Waals surface area contributed by atoms with E-state index in [1.807, 2.05) is 6.92 Å². The van der Waals surface area contributed by atoms with Crippen LogP contribution in [0, 0.1) is 20.8 Å². The molecule has 1 aliphatic heterocycles. The Morgan fingerprint density at radius 3 is 2.35 bits per heavy atom. The van der Waals surface area contributed by atoms with E-state index in [0.717, 1.165) is 52.7 Å². The summed E-state index contributed by atoms with van der Waals surface area (Å²) in [6.45, 7) is 13.2. The van der Waals surface area contributed by atoms with Gasteiger partial charge in [0.15, 0.2) is 0 Å². The minimum absolute atomic E-state index is 0.298. The summed E-state index contributed by atoms with van der Waals surface area (Å²) in [5.74, 6) is -0.648. The first-order chi connectivity index (χ1) is 17.3. The van der Waals surface area contributed by atoms with Gasteiger partial charge in [-0.2, -0.15) is 0 Å². The first-order valence-corrected chi connectivity index (χ1v) is 12.8. The fraction of sp³-hybridized carbons (Fsp3) is 0.379. The molecule has 0 saturated carbocycles. The maximum absolute atomic E-state index is 11.1. The van der Waals surface area contributed by atoms with E-state index < -0.39 is 23.1 Å². The normalized spacial score (nSPS) is 16.2. The van der Waals surface area contributed by atoms with Gasteiger partial charge in [-0.05, 0) is 117 Å². The SMILES string of the molecule is CC(C)=CCOc1c(C)c(C)c2c(c1C)CCC(C)(COc1ccc(C=C(C(=O)O)C(=O)O)cc1Br)O2. The van der Waals surface area contributed by atoms with E-state index in [0.29, 0.717) is 29.0 Å². The molecule has 0 saturated heterocycles. The summed E-state index contributed by atoms with van der Waals surface area (Å²) < 4.78 is 19.4. The van der Waals surface area contributed by atoms with Crippen molar-refractivity contribution in [2.24, 2.45) is 0 Å². The van der Waals surface area contributed by atoms with Crippen LogP contribution in [0.5, 0.6) is 17.2 Å². The number of rotatable bonds is 9. The van der Waals surface area contributed by atoms with Gasteiger partial charge in [0.2, 0.25) is 0 Å². The lowest BCUT2D eigenvalue weighted by Gasteiger charge is -2.38. The summed E-state index contributed by atoms with van der Waals surface area (Å²) in [5.41, 5.74) is 4.77. The summed E-state index contributed by atoms with van der Waals surface area (Å²) in [7, 11) is 0. The Morgan fingerprint density at radius 1 is 1.08 bits per heavy atom. The molecule has 2 aromatic rings. The number of carboxylic acids is 2. The third-order valence-corrected chi connectivity index (χ3v) is 7.16. The van der Waals surface area contributed by atoms with Gasteiger partial charge in [0.25, 0.3) is 0 Å². The number of ether oxygens (including phenoxy) is 3. The van der Waals surface area contributed by atoms with E-state index in [9.17, 15) is 9.59 Å². The van der Waals surface area contributed by atoms with Crippen LogP contribution in [0.25, 0.3) is 6.08 Å². The Bertz CT molecular complexity index is 1270. The molecular weight excluding hydrogens is 540 g/mol. The lowest BCUT2D eigenvalue weighted by molar-refractivity contribution is -0.140. The molecule has 1 atom stereocenters. The van der Waals surface area contributed by atoms with Crippen LogP contribution >= 0.6 is 15.9 Å². The summed E-state index contributed by atoms with van der Waals surface area (Å²) in [5, 5.41) is 18.1. The topological polar surface area (TPSA) is 102 Å². The zero-order valence-electron chi connectivity index (χ0n) is 22.0. The van der Waals surface area contributed by atoms with Crippen molar-refractivity contribution in [2.45, 2.75) is 60.0 Å². The summed E-state index contributed by atoms with van der Waals surface area (Å²) in [6, 6.07) is 4.90. The molecule has 2 N–H and O–H groups in total. The number of allylic oxidation sites excluding steroid dienone is 1. The molecule has 3 rings (SSSR count). The zero-order valence-corrected chi connectivity index (χ0v) is 23.6. The van der Waals surface area contributed by atoms with Crippen LogP contribution < -0.4 is 14.2 Å². The van der Waals surface area contributed by atoms with Crippen molar-refractivity contribution in [3.8, 4) is 17.2 Å². The van der Waals surface area contributed by atoms with Crippen molar-refractivity contribution in [1.82, 2.24) is 0 Å². The van der Waals surface area contributed by atoms with Gasteiger partial charge in [0.1, 0.15) is 41.6 Å². The number of benzene rings is 2. The molecule has 0 fully saturated rings. The summed E-state index contributed by atoms with van der Waals surface area (Å²) in [6.07, 6.45) is 4.76. The second-order valence-electron chi connectivity index (χ2n) is 9.80. The van der Waals surface area contributed by atoms with E-state index in [2.05, 4.69) is 56.6 Å². The molecule has 198 valence electrons. The quantitative estimate of drug-likeness (QED) is 0.154. The molecular formula is C29H33BrO7. The molecule has 0 aromatic heterocycles. The van der Waals surface area contributed by atoms with Gasteiger partial charge in [-0.1, -0.05) is 11.6 Å². The fourth-order valence-electron chi connectivity index (χ4n) is 4.23. The van der Waals surface area contributed by atoms with Crippen molar-refractivity contribution in [3.05, 3.63) is 67.7 Å². The highest BCUT2D eigenvalue weighted by Gasteiger charge is 2.35. The van der Waals surface area contributed by atoms with E-state index in [-0.39, 0.29) is 0 Å². The Kier molecular flexibility index (Phi) is 8.74. The van der Waals surface area contributed by atoms with Crippen LogP contribution in [0.4, 0.5) is 0 Å². The molecule has 1 unspecified atom stereocenters. The Hall–Kier alpha value is -3.26. The predicted octanol–water partition coefficient (Wildman–Crippen LogP) is 6.43. The number of hydrogen-bond acceptors (Lipinski definition) is 5. The lowest BCUT2D eigenvalue weighted by atomic mass is 9.87. The predicted molar refractivity (Wildman–Crippen MR) is 146 cm³/mol. The Labute approximate surface area is 225 Å². The molecule has 0 spiro atoms. The van der Waals surface area contributed by atoms with Crippen molar-refractivity contribution in [2.75, 3.05) is 13.2 Å². The van der Waals surface area contributed by atoms with E-state index in [4.69, 9.17) is 24.4 Å². The second-order valence-corrected chi connectivity index (χ2v) is 10.7. The number of fused-ring (bicyclic) bond motifs is 1. The molecule has 0 radical (unpaired) electrons. The molecule has 1 aliphatic rings. The zero-order chi connectivity index (χ0) is 27.5. The van der Waals surface area contributed by atoms with Gasteiger partial charge in [0.05, 0.1) is 4.47 Å². The molecule has 7 nitrogen and oxygen atoms in total. The second kappa shape index (κ2) is 11.4. The van der Waals surface area contributed by atoms with Crippen LogP contribution in [0.1, 0.15) is 55.0 Å². The van der Waals surface area contributed by atoms with E-state index >= 15 is 0 Å². The van der Waals surface area contributed by atoms with E-state index in [1.54, 1.807) is 18.2 Å². The van der Waals surface area contributed by atoms with Crippen molar-refractivity contribution in [1.29, 1.82) is 0 Å². The molecule has 37 heavy (non-hydrogen) atoms. The minimum atomic E-state index is -1.50. The van der Waals surface area contributed by atoms with Crippen molar-refractivity contribution >= 4 is 33.9 Å². The Morgan fingerprint density at radius 2 is 1.76 bits per heavy atom. The van der Waals surface area contributed by atoms with Gasteiger partial charge in [-0.15, -0.1) is 0 Å². The standard InChI is InChI=1S/C29H33BrO7/c1-16(2)10-12-35-25-17(3)18(4)26-21(19(25)5)9-11-29(6,37-26)15-36-24-8-7-20(14-23(24)30)13-22(27(31)32)28(33)34/h7-8,10,13-14H,9,11-12,15H2,1-6H3,(H,31,32)(H,33,34). The van der Waals surface area contributed by atoms with Gasteiger partial charge < -0.3 is 24.4 Å². The molecule has 1 heterocycles. The number of halogens is 1. The van der Waals surface area contributed by atoms with Crippen LogP contribution in [0.3, 0.4) is 0 Å². The summed E-state index contributed by atoms with van der Waals surface area (Å²) >= 11 is 3.44. The molecule has 2 aromatic carbocycles. The van der Waals surface area contributed by atoms with Crippen LogP contribution in [0.2, 0.25) is 0 Å². The van der Waals surface area contributed by atoms with Gasteiger partial charge >= 0.3 is 11.9 Å². The molecule has 0 amide bonds. The number of carboxylic acid groups (broad SMARTS) is 2. The molecule has 0 aliphatic carbocycles. The molecule has 0 bridgehead atoms. The maximum atomic E-state index is 11.1. The first kappa shape index (κ1) is 28.3. The summed E-state index contributed by atoms with van der Waals surface area (Å²) in [4.78, 5) is 22.3. The average Bonchev–Trinajstić information content (AvgIpc) is 2.82. The maximum Gasteiger partial charge on any atom is 0.343 e. The number of hydrogen-bond donors (Lipinski definition) is 2. The smallest absolute Gasteiger partial charge is 0.343 e. The lowest BCUT2D eigenvalue weighted by Crippen LogP contribution is -2.42. The first-order valence-electron chi connectivity index (χ1n) is 12.0. The third-order valence-electron chi connectivity index (χ3n) is 6.54. The van der Waals surface area contributed by atoms with Crippen molar-refractivity contribution in [3.63, 3.8) is 0 Å². The highest BCUT2D eigenvalue weighted by atomic mass is 79.9. The van der Waals surface area contributed by atoms with Crippen LogP contribution in [-0.2, 0) is 16.0 Å². The van der Waals surface area contributed by atoms with Crippen molar-refractivity contribution < 1.29 is 34.0 Å². The highest BCUT2D eigenvalue weighted by molar-refractivity contribution is 9.10. The third kappa shape index (κ3) is 6.55. The highest BCUT2D eigenvalue weighted by Crippen LogP contribution is 2.44. The van der Waals surface area contributed by atoms with Crippen LogP contribution in [0.15, 0.2) is 39.9 Å². The van der Waals surface area contributed by atoms with Gasteiger partial charge in [-0.3, -0.25) is 0 Å². The monoisotopic (exact) mass is 572 g/mol. The number of carbonyl (C=O) groups is 2. The largest absolute Gasteiger partial charge is 0.489 e. The molecule has 8 heteroatoms. The Balaban J connectivity index is 1.78. The van der Waals surface area contributed by atoms with E-state index in [1.165, 1.54) is 5.57 Å². The average molecular weight is 573 g/mol. The van der Waals surface area contributed by atoms with Gasteiger partial charge in [0, 0.05) is 5.56 Å². The fourth-order valence-corrected chi connectivity index (χ4v) is 4.74. The number of aliphatic carboxylic acids is 2. The van der Waals surface area contributed by atoms with Gasteiger partial charge in [-0.25, -0.2) is 9.59 Å².